The molecule has 0 bridgehead atoms. The third kappa shape index (κ3) is 8.03. The average Bonchev–Trinajstić information content (AvgIpc) is 2.78. The normalized spacial score (nSPS) is 12.5. The summed E-state index contributed by atoms with van der Waals surface area (Å²) in [6.07, 6.45) is 0. The number of amides is 2. The number of carbonyl (C=O) groups excluding carboxylic acids is 5. The monoisotopic (exact) mass is 509 g/mol. The molecule has 2 atom stereocenters. The Balaban J connectivity index is 3.87. The van der Waals surface area contributed by atoms with Crippen LogP contribution in [0.2, 0.25) is 0 Å². The third-order valence-electron chi connectivity index (χ3n) is 4.45. The molecular weight excluding hydrogens is 478 g/mol. The van der Waals surface area contributed by atoms with Gasteiger partial charge in [0.05, 0.1) is 24.7 Å². The number of benzene rings is 1. The van der Waals surface area contributed by atoms with Gasteiger partial charge >= 0.3 is 23.8 Å². The Morgan fingerprint density at radius 1 is 0.917 bits per heavy atom. The zero-order chi connectivity index (χ0) is 27.6. The van der Waals surface area contributed by atoms with Crippen molar-refractivity contribution in [2.24, 2.45) is 5.92 Å². The lowest BCUT2D eigenvalue weighted by Gasteiger charge is -2.34. The number of nitrogens with one attached hydrogen (secondary N) is 1. The van der Waals surface area contributed by atoms with E-state index >= 15 is 0 Å². The Labute approximate surface area is 208 Å². The molecule has 1 N–H and O–H groups in total. The summed E-state index contributed by atoms with van der Waals surface area (Å²) < 4.78 is 14.9. The molecule has 36 heavy (non-hydrogen) atoms. The number of anilines is 1. The number of carbonyl (C=O) groups is 5. The van der Waals surface area contributed by atoms with E-state index in [1.54, 1.807) is 20.8 Å². The van der Waals surface area contributed by atoms with E-state index in [1.165, 1.54) is 20.8 Å². The quantitative estimate of drug-likeness (QED) is 0.122. The zero-order valence-electron chi connectivity index (χ0n) is 21.1. The number of rotatable bonds is 10. The smallest absolute Gasteiger partial charge is 0.397 e. The minimum Gasteiger partial charge on any atom is -0.465 e. The molecule has 0 aliphatic rings. The molecule has 0 heterocycles. The van der Waals surface area contributed by atoms with Crippen LogP contribution in [-0.2, 0) is 38.2 Å². The van der Waals surface area contributed by atoms with Gasteiger partial charge in [-0.3, -0.25) is 29.4 Å². The molecule has 1 aromatic carbocycles. The molecule has 0 saturated heterocycles. The minimum atomic E-state index is -2.01. The number of nitrogens with zero attached hydrogens (tertiary/aromatic N) is 2. The first-order valence-electron chi connectivity index (χ1n) is 11.2. The van der Waals surface area contributed by atoms with Crippen molar-refractivity contribution in [1.29, 1.82) is 0 Å². The van der Waals surface area contributed by atoms with Gasteiger partial charge in [-0.1, -0.05) is 0 Å². The number of hydrogen-bond acceptors (Lipinski definition) is 10. The number of non-ortho nitro benzene ring substituents is 1. The summed E-state index contributed by atoms with van der Waals surface area (Å²) in [6, 6.07) is 2.22. The van der Waals surface area contributed by atoms with E-state index in [9.17, 15) is 34.1 Å². The van der Waals surface area contributed by atoms with Crippen molar-refractivity contribution in [2.75, 3.05) is 24.7 Å². The van der Waals surface area contributed by atoms with Gasteiger partial charge in [-0.15, -0.1) is 0 Å². The summed E-state index contributed by atoms with van der Waals surface area (Å²) >= 11 is 0. The van der Waals surface area contributed by atoms with E-state index < -0.39 is 52.1 Å². The Morgan fingerprint density at radius 3 is 1.86 bits per heavy atom. The maximum Gasteiger partial charge on any atom is 0.397 e. The molecule has 1 aromatic rings. The third-order valence-corrected chi connectivity index (χ3v) is 4.45. The van der Waals surface area contributed by atoms with Gasteiger partial charge < -0.3 is 19.5 Å². The van der Waals surface area contributed by atoms with E-state index in [1.807, 2.05) is 0 Å². The van der Waals surface area contributed by atoms with Crippen LogP contribution in [0.3, 0.4) is 0 Å². The lowest BCUT2D eigenvalue weighted by molar-refractivity contribution is -0.384. The number of nitro groups is 1. The molecule has 0 saturated carbocycles. The summed E-state index contributed by atoms with van der Waals surface area (Å²) in [5.41, 5.74) is -1.40. The molecule has 0 fully saturated rings. The molecule has 0 radical (unpaired) electrons. The van der Waals surface area contributed by atoms with Gasteiger partial charge in [-0.25, -0.2) is 9.59 Å². The summed E-state index contributed by atoms with van der Waals surface area (Å²) in [7, 11) is 0. The highest BCUT2D eigenvalue weighted by atomic mass is 16.6. The average molecular weight is 510 g/mol. The van der Waals surface area contributed by atoms with Crippen molar-refractivity contribution in [3.63, 3.8) is 0 Å². The first-order chi connectivity index (χ1) is 16.8. The van der Waals surface area contributed by atoms with Gasteiger partial charge in [0.25, 0.3) is 5.69 Å². The van der Waals surface area contributed by atoms with Crippen molar-refractivity contribution >= 4 is 41.1 Å². The van der Waals surface area contributed by atoms with Gasteiger partial charge in [0.1, 0.15) is 0 Å². The second kappa shape index (κ2) is 13.2. The van der Waals surface area contributed by atoms with E-state index in [-0.39, 0.29) is 31.2 Å². The van der Waals surface area contributed by atoms with Crippen LogP contribution in [0, 0.1) is 16.0 Å². The Hall–Kier alpha value is -4.03. The SMILES string of the molecule is CCOC(=O)C(=O)N(c1ccc([N+](=O)[O-])cc1)C(C(=O)OCC)C(C(=O)NC(C)(C)C)C(=O)OCC. The molecule has 2 unspecified atom stereocenters. The van der Waals surface area contributed by atoms with Crippen LogP contribution in [0.25, 0.3) is 0 Å². The van der Waals surface area contributed by atoms with Crippen LogP contribution >= 0.6 is 0 Å². The number of ether oxygens (including phenoxy) is 3. The van der Waals surface area contributed by atoms with Crippen LogP contribution in [0.15, 0.2) is 24.3 Å². The number of nitro benzene ring substituents is 1. The zero-order valence-corrected chi connectivity index (χ0v) is 21.1. The largest absolute Gasteiger partial charge is 0.465 e. The van der Waals surface area contributed by atoms with Crippen molar-refractivity contribution in [1.82, 2.24) is 5.32 Å². The lowest BCUT2D eigenvalue weighted by Crippen LogP contribution is -2.60. The van der Waals surface area contributed by atoms with Crippen LogP contribution in [-0.4, -0.2) is 66.0 Å². The molecule has 2 amide bonds. The standard InChI is InChI=1S/C23H31N3O10/c1-7-34-20(29)16(18(27)24-23(4,5)6)17(21(30)35-8-2)25(19(28)22(31)36-9-3)14-10-12-15(13-11-14)26(32)33/h10-13,16-17H,7-9H2,1-6H3,(H,24,27). The second-order valence-electron chi connectivity index (χ2n) is 8.33. The first kappa shape index (κ1) is 30.0. The topological polar surface area (TPSA) is 171 Å². The maximum absolute atomic E-state index is 13.3. The van der Waals surface area contributed by atoms with Crippen LogP contribution < -0.4 is 10.2 Å². The highest BCUT2D eigenvalue weighted by molar-refractivity contribution is 6.39. The Morgan fingerprint density at radius 2 is 1.42 bits per heavy atom. The highest BCUT2D eigenvalue weighted by Gasteiger charge is 2.49. The number of hydrogen-bond donors (Lipinski definition) is 1. The molecule has 198 valence electrons. The summed E-state index contributed by atoms with van der Waals surface area (Å²) in [4.78, 5) is 76.0. The Kier molecular flexibility index (Phi) is 11.0. The van der Waals surface area contributed by atoms with Crippen LogP contribution in [0.5, 0.6) is 0 Å². The van der Waals surface area contributed by atoms with E-state index in [4.69, 9.17) is 14.2 Å². The molecule has 13 heteroatoms. The van der Waals surface area contributed by atoms with Crippen molar-refractivity contribution in [3.8, 4) is 0 Å². The van der Waals surface area contributed by atoms with Crippen molar-refractivity contribution in [2.45, 2.75) is 53.1 Å². The van der Waals surface area contributed by atoms with Gasteiger partial charge in [-0.2, -0.15) is 0 Å². The van der Waals surface area contributed by atoms with Gasteiger partial charge in [0, 0.05) is 23.4 Å². The Bertz CT molecular complexity index is 985. The second-order valence-corrected chi connectivity index (χ2v) is 8.33. The fraction of sp³-hybridized carbons (Fsp3) is 0.522. The first-order valence-corrected chi connectivity index (χ1v) is 11.2. The molecule has 0 aliphatic heterocycles. The minimum absolute atomic E-state index is 0.156. The molecule has 1 rings (SSSR count). The van der Waals surface area contributed by atoms with Crippen LogP contribution in [0.4, 0.5) is 11.4 Å². The van der Waals surface area contributed by atoms with Gasteiger partial charge in [0.2, 0.25) is 5.91 Å². The number of esters is 3. The van der Waals surface area contributed by atoms with Crippen molar-refractivity contribution in [3.05, 3.63) is 34.4 Å². The van der Waals surface area contributed by atoms with E-state index in [2.05, 4.69) is 5.32 Å². The highest BCUT2D eigenvalue weighted by Crippen LogP contribution is 2.27. The lowest BCUT2D eigenvalue weighted by atomic mass is 9.94. The predicted octanol–water partition coefficient (Wildman–Crippen LogP) is 1.52. The van der Waals surface area contributed by atoms with Crippen molar-refractivity contribution < 1.29 is 43.1 Å². The summed E-state index contributed by atoms with van der Waals surface area (Å²) in [5.74, 6) is -8.05. The summed E-state index contributed by atoms with van der Waals surface area (Å²) in [6.45, 7) is 8.75. The van der Waals surface area contributed by atoms with Gasteiger partial charge in [-0.05, 0) is 53.7 Å². The summed E-state index contributed by atoms with van der Waals surface area (Å²) in [5, 5.41) is 13.7. The molecule has 0 aliphatic carbocycles. The van der Waals surface area contributed by atoms with E-state index in [0.29, 0.717) is 4.90 Å². The fourth-order valence-electron chi connectivity index (χ4n) is 3.11. The van der Waals surface area contributed by atoms with Gasteiger partial charge in [0.15, 0.2) is 12.0 Å². The predicted molar refractivity (Wildman–Crippen MR) is 126 cm³/mol. The van der Waals surface area contributed by atoms with E-state index in [0.717, 1.165) is 24.3 Å². The molecule has 13 nitrogen and oxygen atoms in total. The fourth-order valence-corrected chi connectivity index (χ4v) is 3.11. The molecule has 0 spiro atoms. The molecule has 0 aromatic heterocycles. The molecular formula is C23H31N3O10. The van der Waals surface area contributed by atoms with Crippen LogP contribution in [0.1, 0.15) is 41.5 Å². The maximum atomic E-state index is 13.3.